The number of halogens is 1. The third kappa shape index (κ3) is 2.82. The van der Waals surface area contributed by atoms with Crippen molar-refractivity contribution < 1.29 is 17.3 Å². The molecule has 0 unspecified atom stereocenters. The van der Waals surface area contributed by atoms with Crippen LogP contribution in [0.15, 0.2) is 45.9 Å². The summed E-state index contributed by atoms with van der Waals surface area (Å²) in [5, 5.41) is 4.07. The first-order valence-electron chi connectivity index (χ1n) is 7.17. The van der Waals surface area contributed by atoms with Crippen molar-refractivity contribution in [2.75, 3.05) is 6.26 Å². The van der Waals surface area contributed by atoms with E-state index in [1.165, 1.54) is 12.1 Å². The molecule has 0 aliphatic carbocycles. The molecule has 0 bridgehead atoms. The molecular formula is C17H15FN2O3S. The Morgan fingerprint density at radius 3 is 2.54 bits per heavy atom. The van der Waals surface area contributed by atoms with E-state index in [0.717, 1.165) is 17.5 Å². The fourth-order valence-corrected chi connectivity index (χ4v) is 3.32. The second kappa shape index (κ2) is 5.83. The van der Waals surface area contributed by atoms with Crippen LogP contribution in [-0.2, 0) is 9.84 Å². The fraction of sp³-hybridized carbons (Fsp3) is 0.176. The quantitative estimate of drug-likeness (QED) is 0.725. The highest BCUT2D eigenvalue weighted by molar-refractivity contribution is 7.90. The lowest BCUT2D eigenvalue weighted by Gasteiger charge is -2.07. The first-order valence-corrected chi connectivity index (χ1v) is 9.06. The molecule has 0 saturated carbocycles. The molecule has 5 nitrogen and oxygen atoms in total. The van der Waals surface area contributed by atoms with Gasteiger partial charge >= 0.3 is 0 Å². The summed E-state index contributed by atoms with van der Waals surface area (Å²) in [6.07, 6.45) is 2.65. The van der Waals surface area contributed by atoms with Gasteiger partial charge in [0.1, 0.15) is 22.2 Å². The Bertz CT molecular complexity index is 1030. The normalized spacial score (nSPS) is 11.7. The van der Waals surface area contributed by atoms with Crippen LogP contribution in [0.4, 0.5) is 4.39 Å². The Balaban J connectivity index is 2.20. The van der Waals surface area contributed by atoms with Crippen molar-refractivity contribution in [1.29, 1.82) is 0 Å². The van der Waals surface area contributed by atoms with E-state index < -0.39 is 15.7 Å². The molecule has 3 aromatic rings. The van der Waals surface area contributed by atoms with Crippen LogP contribution in [0.2, 0.25) is 0 Å². The number of aryl methyl sites for hydroxylation is 2. The van der Waals surface area contributed by atoms with Gasteiger partial charge in [-0.2, -0.15) is 0 Å². The van der Waals surface area contributed by atoms with E-state index in [-0.39, 0.29) is 4.90 Å². The van der Waals surface area contributed by atoms with Gasteiger partial charge in [-0.25, -0.2) is 12.8 Å². The third-order valence-electron chi connectivity index (χ3n) is 3.74. The standard InChI is InChI=1S/C17H15FN2O3S/c1-10-13(5-4-8-19-10)17-16(11(2)23-20-17)12-6-7-15(14(18)9-12)24(3,21)22/h4-9H,1-3H3. The highest BCUT2D eigenvalue weighted by atomic mass is 32.2. The van der Waals surface area contributed by atoms with Crippen LogP contribution in [0.25, 0.3) is 22.4 Å². The summed E-state index contributed by atoms with van der Waals surface area (Å²) >= 11 is 0. The lowest BCUT2D eigenvalue weighted by Crippen LogP contribution is -2.01. The van der Waals surface area contributed by atoms with Crippen LogP contribution >= 0.6 is 0 Å². The van der Waals surface area contributed by atoms with E-state index in [1.807, 2.05) is 13.0 Å². The van der Waals surface area contributed by atoms with Crippen molar-refractivity contribution in [2.45, 2.75) is 18.7 Å². The van der Waals surface area contributed by atoms with E-state index in [2.05, 4.69) is 10.1 Å². The van der Waals surface area contributed by atoms with Gasteiger partial charge in [0.25, 0.3) is 0 Å². The minimum Gasteiger partial charge on any atom is -0.360 e. The SMILES string of the molecule is Cc1ncccc1-c1noc(C)c1-c1ccc(S(C)(=O)=O)c(F)c1. The number of aromatic nitrogens is 2. The summed E-state index contributed by atoms with van der Waals surface area (Å²) in [6, 6.07) is 7.62. The molecule has 3 rings (SSSR count). The summed E-state index contributed by atoms with van der Waals surface area (Å²) in [5.74, 6) is -0.288. The van der Waals surface area contributed by atoms with E-state index in [0.29, 0.717) is 22.6 Å². The van der Waals surface area contributed by atoms with Crippen molar-refractivity contribution in [3.8, 4) is 22.4 Å². The molecule has 0 amide bonds. The maximum absolute atomic E-state index is 14.2. The van der Waals surface area contributed by atoms with Crippen molar-refractivity contribution in [3.63, 3.8) is 0 Å². The average Bonchev–Trinajstić information content (AvgIpc) is 2.88. The number of sulfone groups is 1. The zero-order chi connectivity index (χ0) is 17.5. The number of hydrogen-bond donors (Lipinski definition) is 0. The van der Waals surface area contributed by atoms with Crippen molar-refractivity contribution in [3.05, 3.63) is 53.8 Å². The molecule has 0 saturated heterocycles. The van der Waals surface area contributed by atoms with Gasteiger partial charge in [-0.05, 0) is 43.7 Å². The van der Waals surface area contributed by atoms with Gasteiger partial charge < -0.3 is 4.52 Å². The van der Waals surface area contributed by atoms with E-state index in [1.54, 1.807) is 25.3 Å². The maximum Gasteiger partial charge on any atom is 0.178 e. The summed E-state index contributed by atoms with van der Waals surface area (Å²) < 4.78 is 42.7. The summed E-state index contributed by atoms with van der Waals surface area (Å²) in [5.41, 5.74) is 3.20. The van der Waals surface area contributed by atoms with Gasteiger partial charge in [-0.15, -0.1) is 0 Å². The second-order valence-corrected chi connectivity index (χ2v) is 7.50. The molecule has 0 fully saturated rings. The predicted molar refractivity (Wildman–Crippen MR) is 87.7 cm³/mol. The molecule has 0 N–H and O–H groups in total. The van der Waals surface area contributed by atoms with Crippen LogP contribution < -0.4 is 0 Å². The van der Waals surface area contributed by atoms with Crippen molar-refractivity contribution in [2.24, 2.45) is 0 Å². The van der Waals surface area contributed by atoms with Gasteiger partial charge in [-0.3, -0.25) is 4.98 Å². The van der Waals surface area contributed by atoms with Crippen LogP contribution in [0.3, 0.4) is 0 Å². The van der Waals surface area contributed by atoms with Gasteiger partial charge in [0.2, 0.25) is 0 Å². The largest absolute Gasteiger partial charge is 0.360 e. The third-order valence-corrected chi connectivity index (χ3v) is 4.87. The molecule has 0 spiro atoms. The second-order valence-electron chi connectivity index (χ2n) is 5.52. The summed E-state index contributed by atoms with van der Waals surface area (Å²) in [6.45, 7) is 3.57. The first kappa shape index (κ1) is 16.3. The number of pyridine rings is 1. The van der Waals surface area contributed by atoms with E-state index in [4.69, 9.17) is 4.52 Å². The van der Waals surface area contributed by atoms with Crippen LogP contribution in [-0.4, -0.2) is 24.8 Å². The average molecular weight is 346 g/mol. The Hall–Kier alpha value is -2.54. The first-order chi connectivity index (χ1) is 11.3. The lowest BCUT2D eigenvalue weighted by atomic mass is 9.99. The molecule has 24 heavy (non-hydrogen) atoms. The number of rotatable bonds is 3. The highest BCUT2D eigenvalue weighted by Gasteiger charge is 2.21. The van der Waals surface area contributed by atoms with Crippen molar-refractivity contribution in [1.82, 2.24) is 10.1 Å². The molecule has 7 heteroatoms. The van der Waals surface area contributed by atoms with Crippen molar-refractivity contribution >= 4 is 9.84 Å². The van der Waals surface area contributed by atoms with Gasteiger partial charge in [0.05, 0.1) is 5.56 Å². The molecule has 124 valence electrons. The molecule has 2 aromatic heterocycles. The Morgan fingerprint density at radius 2 is 1.92 bits per heavy atom. The Morgan fingerprint density at radius 1 is 1.17 bits per heavy atom. The monoisotopic (exact) mass is 346 g/mol. The maximum atomic E-state index is 14.2. The topological polar surface area (TPSA) is 73.1 Å². The number of hydrogen-bond acceptors (Lipinski definition) is 5. The molecule has 0 aliphatic heterocycles. The smallest absolute Gasteiger partial charge is 0.178 e. The van der Waals surface area contributed by atoms with Crippen LogP contribution in [0, 0.1) is 19.7 Å². The Kier molecular flexibility index (Phi) is 3.96. The minimum absolute atomic E-state index is 0.334. The zero-order valence-electron chi connectivity index (χ0n) is 13.4. The summed E-state index contributed by atoms with van der Waals surface area (Å²) in [4.78, 5) is 3.89. The van der Waals surface area contributed by atoms with Gasteiger partial charge in [-0.1, -0.05) is 11.2 Å². The minimum atomic E-state index is -3.62. The molecule has 1 aromatic carbocycles. The van der Waals surface area contributed by atoms with Gasteiger partial charge in [0, 0.05) is 23.7 Å². The molecule has 0 radical (unpaired) electrons. The highest BCUT2D eigenvalue weighted by Crippen LogP contribution is 2.36. The molecular weight excluding hydrogens is 331 g/mol. The van der Waals surface area contributed by atoms with Crippen LogP contribution in [0.1, 0.15) is 11.5 Å². The zero-order valence-corrected chi connectivity index (χ0v) is 14.2. The fourth-order valence-electron chi connectivity index (χ4n) is 2.59. The number of nitrogens with zero attached hydrogens (tertiary/aromatic N) is 2. The van der Waals surface area contributed by atoms with E-state index in [9.17, 15) is 12.8 Å². The van der Waals surface area contributed by atoms with Gasteiger partial charge in [0.15, 0.2) is 9.84 Å². The molecule has 0 atom stereocenters. The molecule has 0 aliphatic rings. The summed E-state index contributed by atoms with van der Waals surface area (Å²) in [7, 11) is -3.62. The lowest BCUT2D eigenvalue weighted by molar-refractivity contribution is 0.400. The van der Waals surface area contributed by atoms with E-state index >= 15 is 0 Å². The Labute approximate surface area is 139 Å². The number of benzene rings is 1. The molecule has 2 heterocycles. The van der Waals surface area contributed by atoms with Crippen LogP contribution in [0.5, 0.6) is 0 Å². The predicted octanol–water partition coefficient (Wildman–Crippen LogP) is 3.56.